The maximum Gasteiger partial charge on any atom is 0.246 e. The first-order valence-corrected chi connectivity index (χ1v) is 8.34. The lowest BCUT2D eigenvalue weighted by Crippen LogP contribution is -2.56. The first kappa shape index (κ1) is 15.3. The van der Waals surface area contributed by atoms with E-state index in [1.165, 1.54) is 30.5 Å². The second-order valence-electron chi connectivity index (χ2n) is 6.82. The topological polar surface area (TPSA) is 23.6 Å². The Balaban J connectivity index is 1.69. The number of aryl methyl sites for hydroxylation is 2. The van der Waals surface area contributed by atoms with Crippen LogP contribution in [0.25, 0.3) is 6.08 Å². The number of carbonyl (C=O) groups excluding carboxylic acids is 1. The average molecular weight is 298 g/mol. The van der Waals surface area contributed by atoms with Gasteiger partial charge >= 0.3 is 0 Å². The lowest BCUT2D eigenvalue weighted by molar-refractivity contribution is -0.131. The Bertz CT molecular complexity index is 593. The van der Waals surface area contributed by atoms with E-state index in [0.717, 1.165) is 18.7 Å². The molecule has 1 amide bonds. The number of nitrogens with zero attached hydrogens (tertiary/aromatic N) is 2. The molecule has 22 heavy (non-hydrogen) atoms. The summed E-state index contributed by atoms with van der Waals surface area (Å²) in [5.41, 5.74) is 3.61. The highest BCUT2D eigenvalue weighted by molar-refractivity contribution is 5.92. The van der Waals surface area contributed by atoms with Gasteiger partial charge in [-0.25, -0.2) is 0 Å². The molecule has 0 N–H and O–H groups in total. The van der Waals surface area contributed by atoms with Crippen LogP contribution in [0.2, 0.25) is 0 Å². The van der Waals surface area contributed by atoms with Crippen LogP contribution < -0.4 is 0 Å². The number of hydrogen-bond acceptors (Lipinski definition) is 2. The predicted octanol–water partition coefficient (Wildman–Crippen LogP) is 3.01. The largest absolute Gasteiger partial charge is 0.334 e. The van der Waals surface area contributed by atoms with E-state index in [1.54, 1.807) is 6.08 Å². The van der Waals surface area contributed by atoms with Gasteiger partial charge in [-0.15, -0.1) is 0 Å². The number of rotatable bonds is 2. The molecule has 0 aliphatic carbocycles. The summed E-state index contributed by atoms with van der Waals surface area (Å²) in [6.07, 6.45) is 6.22. The molecular weight excluding hydrogens is 272 g/mol. The van der Waals surface area contributed by atoms with Gasteiger partial charge in [-0.05, 0) is 57.4 Å². The van der Waals surface area contributed by atoms with Crippen molar-refractivity contribution in [3.8, 4) is 0 Å². The first-order chi connectivity index (χ1) is 10.5. The SMILES string of the molecule is Cc1ccc(/C=C/C(=O)N2CC3CCCN3CC2C)c(C)c1. The van der Waals surface area contributed by atoms with Gasteiger partial charge < -0.3 is 4.90 Å². The zero-order valence-corrected chi connectivity index (χ0v) is 13.9. The lowest BCUT2D eigenvalue weighted by atomic mass is 10.0. The Kier molecular flexibility index (Phi) is 4.34. The van der Waals surface area contributed by atoms with Crippen molar-refractivity contribution < 1.29 is 4.79 Å². The number of hydrogen-bond donors (Lipinski definition) is 0. The fraction of sp³-hybridized carbons (Fsp3) is 0.526. The monoisotopic (exact) mass is 298 g/mol. The van der Waals surface area contributed by atoms with Crippen LogP contribution >= 0.6 is 0 Å². The van der Waals surface area contributed by atoms with Gasteiger partial charge in [0, 0.05) is 31.2 Å². The van der Waals surface area contributed by atoms with Crippen LogP contribution in [-0.4, -0.2) is 47.4 Å². The maximum absolute atomic E-state index is 12.6. The van der Waals surface area contributed by atoms with E-state index in [9.17, 15) is 4.79 Å². The van der Waals surface area contributed by atoms with Crippen molar-refractivity contribution in [3.05, 3.63) is 41.0 Å². The number of fused-ring (bicyclic) bond motifs is 1. The Morgan fingerprint density at radius 3 is 2.86 bits per heavy atom. The van der Waals surface area contributed by atoms with Gasteiger partial charge in [-0.3, -0.25) is 9.69 Å². The van der Waals surface area contributed by atoms with E-state index in [2.05, 4.69) is 43.9 Å². The number of piperazine rings is 1. The fourth-order valence-corrected chi connectivity index (χ4v) is 3.76. The van der Waals surface area contributed by atoms with Crippen molar-refractivity contribution in [2.75, 3.05) is 19.6 Å². The highest BCUT2D eigenvalue weighted by Gasteiger charge is 2.35. The third kappa shape index (κ3) is 3.09. The Labute approximate surface area is 133 Å². The van der Waals surface area contributed by atoms with Crippen molar-refractivity contribution in [2.45, 2.75) is 45.7 Å². The summed E-state index contributed by atoms with van der Waals surface area (Å²) >= 11 is 0. The van der Waals surface area contributed by atoms with Crippen molar-refractivity contribution >= 4 is 12.0 Å². The quantitative estimate of drug-likeness (QED) is 0.784. The summed E-state index contributed by atoms with van der Waals surface area (Å²) in [5, 5.41) is 0. The van der Waals surface area contributed by atoms with E-state index in [4.69, 9.17) is 0 Å². The summed E-state index contributed by atoms with van der Waals surface area (Å²) in [7, 11) is 0. The molecule has 0 radical (unpaired) electrons. The molecule has 2 saturated heterocycles. The van der Waals surface area contributed by atoms with Gasteiger partial charge in [0.2, 0.25) is 5.91 Å². The molecule has 118 valence electrons. The zero-order valence-electron chi connectivity index (χ0n) is 13.9. The number of benzene rings is 1. The molecule has 2 unspecified atom stereocenters. The normalized spacial score (nSPS) is 25.7. The summed E-state index contributed by atoms with van der Waals surface area (Å²) in [4.78, 5) is 17.2. The molecule has 3 heteroatoms. The van der Waals surface area contributed by atoms with Crippen LogP contribution in [0.4, 0.5) is 0 Å². The van der Waals surface area contributed by atoms with Crippen molar-refractivity contribution in [1.82, 2.24) is 9.80 Å². The summed E-state index contributed by atoms with van der Waals surface area (Å²) in [6.45, 7) is 9.46. The van der Waals surface area contributed by atoms with Gasteiger partial charge in [-0.1, -0.05) is 23.8 Å². The Morgan fingerprint density at radius 1 is 1.27 bits per heavy atom. The highest BCUT2D eigenvalue weighted by atomic mass is 16.2. The van der Waals surface area contributed by atoms with Crippen LogP contribution in [0.3, 0.4) is 0 Å². The van der Waals surface area contributed by atoms with Gasteiger partial charge in [0.05, 0.1) is 0 Å². The van der Waals surface area contributed by atoms with Crippen LogP contribution in [-0.2, 0) is 4.79 Å². The third-order valence-electron chi connectivity index (χ3n) is 5.05. The van der Waals surface area contributed by atoms with Crippen LogP contribution in [0.5, 0.6) is 0 Å². The third-order valence-corrected chi connectivity index (χ3v) is 5.05. The van der Waals surface area contributed by atoms with Gasteiger partial charge in [0.25, 0.3) is 0 Å². The fourth-order valence-electron chi connectivity index (χ4n) is 3.76. The van der Waals surface area contributed by atoms with Gasteiger partial charge in [0.1, 0.15) is 0 Å². The molecule has 2 atom stereocenters. The standard InChI is InChI=1S/C19H26N2O/c1-14-6-7-17(15(2)11-14)8-9-19(22)21-13-18-5-4-10-20(18)12-16(21)3/h6-9,11,16,18H,4-5,10,12-13H2,1-3H3/b9-8+. The molecule has 1 aromatic carbocycles. The molecule has 2 fully saturated rings. The van der Waals surface area contributed by atoms with Crippen molar-refractivity contribution in [2.24, 2.45) is 0 Å². The van der Waals surface area contributed by atoms with Crippen LogP contribution in [0.15, 0.2) is 24.3 Å². The van der Waals surface area contributed by atoms with E-state index in [1.807, 2.05) is 11.0 Å². The van der Waals surface area contributed by atoms with E-state index in [-0.39, 0.29) is 5.91 Å². The molecule has 3 nitrogen and oxygen atoms in total. The molecular formula is C19H26N2O. The highest BCUT2D eigenvalue weighted by Crippen LogP contribution is 2.24. The minimum atomic E-state index is 0.152. The van der Waals surface area contributed by atoms with E-state index < -0.39 is 0 Å². The van der Waals surface area contributed by atoms with E-state index >= 15 is 0 Å². The zero-order chi connectivity index (χ0) is 15.7. The Hall–Kier alpha value is -1.61. The van der Waals surface area contributed by atoms with Gasteiger partial charge in [-0.2, -0.15) is 0 Å². The van der Waals surface area contributed by atoms with Crippen molar-refractivity contribution in [3.63, 3.8) is 0 Å². The lowest BCUT2D eigenvalue weighted by Gasteiger charge is -2.41. The smallest absolute Gasteiger partial charge is 0.246 e. The molecule has 0 saturated carbocycles. The first-order valence-electron chi connectivity index (χ1n) is 8.34. The van der Waals surface area contributed by atoms with Crippen LogP contribution in [0, 0.1) is 13.8 Å². The molecule has 2 heterocycles. The molecule has 0 bridgehead atoms. The minimum absolute atomic E-state index is 0.152. The summed E-state index contributed by atoms with van der Waals surface area (Å²) < 4.78 is 0. The average Bonchev–Trinajstić information content (AvgIpc) is 2.92. The molecule has 0 aromatic heterocycles. The number of amides is 1. The molecule has 1 aromatic rings. The minimum Gasteiger partial charge on any atom is -0.334 e. The molecule has 0 spiro atoms. The molecule has 2 aliphatic rings. The predicted molar refractivity (Wildman–Crippen MR) is 90.7 cm³/mol. The van der Waals surface area contributed by atoms with Gasteiger partial charge in [0.15, 0.2) is 0 Å². The second kappa shape index (κ2) is 6.25. The van der Waals surface area contributed by atoms with Crippen LogP contribution in [0.1, 0.15) is 36.5 Å². The Morgan fingerprint density at radius 2 is 2.09 bits per heavy atom. The summed E-state index contributed by atoms with van der Waals surface area (Å²) in [6, 6.07) is 7.23. The number of carbonyl (C=O) groups is 1. The van der Waals surface area contributed by atoms with E-state index in [0.29, 0.717) is 12.1 Å². The molecule has 3 rings (SSSR count). The summed E-state index contributed by atoms with van der Waals surface area (Å²) in [5.74, 6) is 0.152. The second-order valence-corrected chi connectivity index (χ2v) is 6.82. The molecule has 2 aliphatic heterocycles. The maximum atomic E-state index is 12.6. The van der Waals surface area contributed by atoms with Crippen molar-refractivity contribution in [1.29, 1.82) is 0 Å².